The van der Waals surface area contributed by atoms with Gasteiger partial charge in [0, 0.05) is 13.1 Å². The number of likely N-dealkylation sites (tertiary alicyclic amines) is 1. The molecule has 1 aliphatic rings. The molecule has 0 aromatic rings. The Hall–Kier alpha value is -1.26. The largest absolute Gasteiger partial charge is 0.460 e. The Kier molecular flexibility index (Phi) is 5.63. The Balaban J connectivity index is 2.30. The lowest BCUT2D eigenvalue weighted by atomic mass is 10.00. The van der Waals surface area contributed by atoms with E-state index in [0.717, 1.165) is 31.8 Å². The summed E-state index contributed by atoms with van der Waals surface area (Å²) < 4.78 is 5.22. The Morgan fingerprint density at radius 1 is 1.37 bits per heavy atom. The number of aliphatic imine (C=N–C) groups is 1. The summed E-state index contributed by atoms with van der Waals surface area (Å²) in [5.74, 6) is 1.09. The van der Waals surface area contributed by atoms with E-state index in [2.05, 4.69) is 16.8 Å². The molecule has 5 nitrogen and oxygen atoms in total. The molecule has 0 aromatic heterocycles. The number of esters is 1. The van der Waals surface area contributed by atoms with Gasteiger partial charge < -0.3 is 15.4 Å². The number of guanidine groups is 1. The van der Waals surface area contributed by atoms with E-state index in [4.69, 9.17) is 10.5 Å². The number of ether oxygens (including phenoxy) is 1. The van der Waals surface area contributed by atoms with Gasteiger partial charge in [-0.15, -0.1) is 0 Å². The number of carbonyl (C=O) groups is 1. The first kappa shape index (κ1) is 15.8. The molecule has 2 N–H and O–H groups in total. The fraction of sp³-hybridized carbons (Fsp3) is 0.857. The van der Waals surface area contributed by atoms with Crippen LogP contribution in [0, 0.1) is 5.92 Å². The summed E-state index contributed by atoms with van der Waals surface area (Å²) in [5, 5.41) is 0. The second-order valence-corrected chi connectivity index (χ2v) is 6.25. The fourth-order valence-corrected chi connectivity index (χ4v) is 1.99. The lowest BCUT2D eigenvalue weighted by molar-refractivity contribution is -0.154. The van der Waals surface area contributed by atoms with Gasteiger partial charge in [-0.25, -0.2) is 0 Å². The third-order valence-electron chi connectivity index (χ3n) is 3.12. The van der Waals surface area contributed by atoms with E-state index in [-0.39, 0.29) is 12.4 Å². The summed E-state index contributed by atoms with van der Waals surface area (Å²) in [6.45, 7) is 10.2. The number of nitrogens with two attached hydrogens (primary N) is 1. The van der Waals surface area contributed by atoms with Gasteiger partial charge in [0.05, 0.1) is 13.0 Å². The van der Waals surface area contributed by atoms with E-state index in [0.29, 0.717) is 12.5 Å². The third kappa shape index (κ3) is 6.45. The summed E-state index contributed by atoms with van der Waals surface area (Å²) in [6.07, 6.45) is 2.59. The molecule has 19 heavy (non-hydrogen) atoms. The van der Waals surface area contributed by atoms with Crippen molar-refractivity contribution < 1.29 is 9.53 Å². The van der Waals surface area contributed by atoms with Gasteiger partial charge in [-0.2, -0.15) is 0 Å². The molecule has 0 atom stereocenters. The van der Waals surface area contributed by atoms with Crippen LogP contribution < -0.4 is 5.73 Å². The Bertz CT molecular complexity index is 326. The summed E-state index contributed by atoms with van der Waals surface area (Å²) in [7, 11) is 0. The maximum atomic E-state index is 11.5. The molecule has 1 saturated heterocycles. The lowest BCUT2D eigenvalue weighted by Gasteiger charge is -2.31. The highest BCUT2D eigenvalue weighted by atomic mass is 16.6. The maximum Gasteiger partial charge on any atom is 0.308 e. The second-order valence-electron chi connectivity index (χ2n) is 6.25. The van der Waals surface area contributed by atoms with Crippen LogP contribution in [0.5, 0.6) is 0 Å². The number of carbonyl (C=O) groups excluding carboxylic acids is 1. The van der Waals surface area contributed by atoms with Crippen molar-refractivity contribution in [3.05, 3.63) is 0 Å². The van der Waals surface area contributed by atoms with Crippen LogP contribution in [0.4, 0.5) is 0 Å². The van der Waals surface area contributed by atoms with Crippen molar-refractivity contribution in [3.8, 4) is 0 Å². The van der Waals surface area contributed by atoms with Crippen molar-refractivity contribution in [1.29, 1.82) is 0 Å². The van der Waals surface area contributed by atoms with E-state index in [9.17, 15) is 4.79 Å². The molecule has 5 heteroatoms. The first-order valence-electron chi connectivity index (χ1n) is 7.04. The SMILES string of the molecule is CC1CCN(C(N)=NCCC(=O)OC(C)(C)C)CC1. The number of piperidine rings is 1. The summed E-state index contributed by atoms with van der Waals surface area (Å²) >= 11 is 0. The highest BCUT2D eigenvalue weighted by Gasteiger charge is 2.18. The van der Waals surface area contributed by atoms with Gasteiger partial charge in [-0.3, -0.25) is 9.79 Å². The zero-order valence-corrected chi connectivity index (χ0v) is 12.6. The molecule has 0 aliphatic carbocycles. The van der Waals surface area contributed by atoms with Crippen molar-refractivity contribution >= 4 is 11.9 Å². The topological polar surface area (TPSA) is 67.9 Å². The number of hydrogen-bond donors (Lipinski definition) is 1. The highest BCUT2D eigenvalue weighted by Crippen LogP contribution is 2.15. The molecule has 0 amide bonds. The molecule has 0 aromatic carbocycles. The molecule has 1 fully saturated rings. The predicted octanol–water partition coefficient (Wildman–Crippen LogP) is 1.76. The quantitative estimate of drug-likeness (QED) is 0.481. The average Bonchev–Trinajstić information content (AvgIpc) is 2.27. The van der Waals surface area contributed by atoms with Gasteiger partial charge in [-0.1, -0.05) is 6.92 Å². The minimum Gasteiger partial charge on any atom is -0.460 e. The van der Waals surface area contributed by atoms with E-state index >= 15 is 0 Å². The Labute approximate surface area is 116 Å². The van der Waals surface area contributed by atoms with Crippen molar-refractivity contribution in [2.75, 3.05) is 19.6 Å². The third-order valence-corrected chi connectivity index (χ3v) is 3.12. The van der Waals surface area contributed by atoms with Crippen molar-refractivity contribution in [3.63, 3.8) is 0 Å². The average molecular weight is 269 g/mol. The minimum absolute atomic E-state index is 0.226. The maximum absolute atomic E-state index is 11.5. The molecular weight excluding hydrogens is 242 g/mol. The van der Waals surface area contributed by atoms with Crippen molar-refractivity contribution in [2.24, 2.45) is 16.6 Å². The molecule has 0 bridgehead atoms. The molecule has 1 heterocycles. The van der Waals surface area contributed by atoms with Crippen molar-refractivity contribution in [1.82, 2.24) is 4.90 Å². The first-order valence-corrected chi connectivity index (χ1v) is 7.04. The van der Waals surface area contributed by atoms with Crippen LogP contribution in [0.2, 0.25) is 0 Å². The highest BCUT2D eigenvalue weighted by molar-refractivity contribution is 5.78. The molecular formula is C14H27N3O2. The van der Waals surface area contributed by atoms with Gasteiger partial charge in [0.1, 0.15) is 5.60 Å². The van der Waals surface area contributed by atoms with E-state index in [1.165, 1.54) is 0 Å². The van der Waals surface area contributed by atoms with Crippen LogP contribution in [0.3, 0.4) is 0 Å². The summed E-state index contributed by atoms with van der Waals surface area (Å²) in [5.41, 5.74) is 5.50. The van der Waals surface area contributed by atoms with Crippen LogP contribution >= 0.6 is 0 Å². The predicted molar refractivity (Wildman–Crippen MR) is 76.9 cm³/mol. The van der Waals surface area contributed by atoms with Gasteiger partial charge in [0.25, 0.3) is 0 Å². The number of nitrogens with zero attached hydrogens (tertiary/aromatic N) is 2. The smallest absolute Gasteiger partial charge is 0.308 e. The zero-order valence-electron chi connectivity index (χ0n) is 12.6. The van der Waals surface area contributed by atoms with E-state index in [1.54, 1.807) is 0 Å². The van der Waals surface area contributed by atoms with Crippen LogP contribution in [0.25, 0.3) is 0 Å². The normalized spacial score (nSPS) is 18.5. The monoisotopic (exact) mass is 269 g/mol. The Morgan fingerprint density at radius 2 is 1.95 bits per heavy atom. The van der Waals surface area contributed by atoms with E-state index < -0.39 is 5.60 Å². The second kappa shape index (κ2) is 6.78. The van der Waals surface area contributed by atoms with Crippen LogP contribution in [-0.4, -0.2) is 42.1 Å². The Morgan fingerprint density at radius 3 is 2.47 bits per heavy atom. The summed E-state index contributed by atoms with van der Waals surface area (Å²) in [6, 6.07) is 0. The number of rotatable bonds is 3. The zero-order chi connectivity index (χ0) is 14.5. The standard InChI is InChI=1S/C14H27N3O2/c1-11-6-9-17(10-7-11)13(15)16-8-5-12(18)19-14(2,3)4/h11H,5-10H2,1-4H3,(H2,15,16). The number of hydrogen-bond acceptors (Lipinski definition) is 3. The van der Waals surface area contributed by atoms with Crippen LogP contribution in [0.15, 0.2) is 4.99 Å². The minimum atomic E-state index is -0.435. The molecule has 0 spiro atoms. The van der Waals surface area contributed by atoms with Gasteiger partial charge in [-0.05, 0) is 39.5 Å². The molecule has 0 radical (unpaired) electrons. The van der Waals surface area contributed by atoms with E-state index in [1.807, 2.05) is 20.8 Å². The molecule has 0 saturated carbocycles. The fourth-order valence-electron chi connectivity index (χ4n) is 1.99. The van der Waals surface area contributed by atoms with Gasteiger partial charge in [0.15, 0.2) is 5.96 Å². The molecule has 0 unspecified atom stereocenters. The first-order chi connectivity index (χ1) is 8.78. The molecule has 1 rings (SSSR count). The molecule has 1 aliphatic heterocycles. The van der Waals surface area contributed by atoms with Crippen LogP contribution in [-0.2, 0) is 9.53 Å². The summed E-state index contributed by atoms with van der Waals surface area (Å²) in [4.78, 5) is 17.9. The lowest BCUT2D eigenvalue weighted by Crippen LogP contribution is -2.42. The van der Waals surface area contributed by atoms with Gasteiger partial charge in [0.2, 0.25) is 0 Å². The van der Waals surface area contributed by atoms with Crippen molar-refractivity contribution in [2.45, 2.75) is 52.6 Å². The van der Waals surface area contributed by atoms with Gasteiger partial charge >= 0.3 is 5.97 Å². The molecule has 110 valence electrons. The van der Waals surface area contributed by atoms with Crippen LogP contribution in [0.1, 0.15) is 47.0 Å².